The van der Waals surface area contributed by atoms with Gasteiger partial charge in [-0.05, 0) is 45.2 Å². The van der Waals surface area contributed by atoms with Gasteiger partial charge < -0.3 is 18.3 Å². The van der Waals surface area contributed by atoms with Crippen LogP contribution in [0.15, 0.2) is 24.3 Å². The van der Waals surface area contributed by atoms with Crippen LogP contribution >= 0.6 is 0 Å². The van der Waals surface area contributed by atoms with Crippen LogP contribution in [-0.4, -0.2) is 54.8 Å². The number of ether oxygens (including phenoxy) is 3. The number of carbonyl (C=O) groups excluding carboxylic acids is 2. The van der Waals surface area contributed by atoms with Gasteiger partial charge in [0.25, 0.3) is 0 Å². The van der Waals surface area contributed by atoms with Gasteiger partial charge in [-0.15, -0.1) is 0 Å². The van der Waals surface area contributed by atoms with Gasteiger partial charge in [0.05, 0.1) is 18.0 Å². The number of ketones is 1. The zero-order chi connectivity index (χ0) is 19.1. The number of carbonyl (C=O) groups is 2. The van der Waals surface area contributed by atoms with Gasteiger partial charge in [-0.3, -0.25) is 4.79 Å². The van der Waals surface area contributed by atoms with Gasteiger partial charge >= 0.3 is 5.97 Å². The Morgan fingerprint density at radius 1 is 0.920 bits per heavy atom. The Kier molecular flexibility index (Phi) is 8.16. The maximum absolute atomic E-state index is 11.9. The average molecular weight is 385 g/mol. The van der Waals surface area contributed by atoms with Gasteiger partial charge in [0.2, 0.25) is 0 Å². The second-order valence-electron chi connectivity index (χ2n) is 7.09. The quantitative estimate of drug-likeness (QED) is 0.203. The molecular formula is C17H28O6Si2. The molecule has 6 nitrogen and oxygen atoms in total. The fourth-order valence-corrected chi connectivity index (χ4v) is 10.2. The Morgan fingerprint density at radius 3 is 1.96 bits per heavy atom. The van der Waals surface area contributed by atoms with E-state index in [1.165, 1.54) is 6.92 Å². The summed E-state index contributed by atoms with van der Waals surface area (Å²) in [5.41, 5.74) is 0.940. The first-order valence-electron chi connectivity index (χ1n) is 8.11. The molecular weight excluding hydrogens is 356 g/mol. The van der Waals surface area contributed by atoms with E-state index in [1.54, 1.807) is 31.4 Å². The van der Waals surface area contributed by atoms with Crippen LogP contribution in [0.2, 0.25) is 26.2 Å². The molecule has 140 valence electrons. The molecule has 0 aliphatic rings. The Morgan fingerprint density at radius 2 is 1.44 bits per heavy atom. The summed E-state index contributed by atoms with van der Waals surface area (Å²) >= 11 is 0. The summed E-state index contributed by atoms with van der Waals surface area (Å²) in [6, 6.07) is 6.35. The van der Waals surface area contributed by atoms with Crippen molar-refractivity contribution in [2.45, 2.75) is 33.1 Å². The first-order valence-corrected chi connectivity index (χ1v) is 14.3. The highest BCUT2D eigenvalue weighted by molar-refractivity contribution is 6.84. The van der Waals surface area contributed by atoms with Gasteiger partial charge in [0, 0.05) is 12.7 Å². The highest BCUT2D eigenvalue weighted by Gasteiger charge is 2.33. The average Bonchev–Trinajstić information content (AvgIpc) is 2.50. The van der Waals surface area contributed by atoms with Crippen molar-refractivity contribution in [2.75, 3.05) is 26.4 Å². The molecule has 0 N–H and O–H groups in total. The number of hydrogen-bond acceptors (Lipinski definition) is 6. The van der Waals surface area contributed by atoms with Crippen molar-refractivity contribution in [3.8, 4) is 0 Å². The lowest BCUT2D eigenvalue weighted by Crippen LogP contribution is -2.50. The van der Waals surface area contributed by atoms with Gasteiger partial charge in [0.15, 0.2) is 29.2 Å². The van der Waals surface area contributed by atoms with Crippen LogP contribution in [0, 0.1) is 0 Å². The molecule has 0 heterocycles. The van der Waals surface area contributed by atoms with E-state index in [0.29, 0.717) is 23.6 Å². The molecule has 0 aromatic heterocycles. The van der Waals surface area contributed by atoms with Crippen LogP contribution in [0.1, 0.15) is 27.6 Å². The van der Waals surface area contributed by atoms with Gasteiger partial charge in [-0.25, -0.2) is 4.79 Å². The number of methoxy groups -OCH3 is 1. The number of esters is 1. The maximum Gasteiger partial charge on any atom is 0.340 e. The summed E-state index contributed by atoms with van der Waals surface area (Å²) in [4.78, 5) is 23.2. The SMILES string of the molecule is COC[Si](C)(C)O[Si](C)(C)COCOC(=O)c1ccc(C(C)=O)cc1. The van der Waals surface area contributed by atoms with Crippen molar-refractivity contribution in [1.29, 1.82) is 0 Å². The van der Waals surface area contributed by atoms with Crippen LogP contribution in [0.4, 0.5) is 0 Å². The van der Waals surface area contributed by atoms with E-state index in [0.717, 1.165) is 0 Å². The Balaban J connectivity index is 2.41. The van der Waals surface area contributed by atoms with E-state index in [-0.39, 0.29) is 12.6 Å². The van der Waals surface area contributed by atoms with E-state index in [2.05, 4.69) is 26.2 Å². The largest absolute Gasteiger partial charge is 0.453 e. The third kappa shape index (κ3) is 8.06. The van der Waals surface area contributed by atoms with Gasteiger partial charge in [0.1, 0.15) is 0 Å². The predicted octanol–water partition coefficient (Wildman–Crippen LogP) is 3.17. The van der Waals surface area contributed by atoms with Crippen LogP contribution in [0.3, 0.4) is 0 Å². The highest BCUT2D eigenvalue weighted by atomic mass is 28.4. The molecule has 0 radical (unpaired) electrons. The third-order valence-corrected chi connectivity index (χ3v) is 9.60. The summed E-state index contributed by atoms with van der Waals surface area (Å²) < 4.78 is 22.1. The third-order valence-electron chi connectivity index (χ3n) is 3.29. The highest BCUT2D eigenvalue weighted by Crippen LogP contribution is 2.15. The molecule has 0 spiro atoms. The molecule has 0 saturated carbocycles. The number of benzene rings is 1. The summed E-state index contributed by atoms with van der Waals surface area (Å²) in [5, 5.41) is 0. The molecule has 8 heteroatoms. The molecule has 0 aliphatic carbocycles. The standard InChI is InChI=1S/C17H28O6Si2/c1-14(18)15-7-9-16(10-8-15)17(19)22-11-21-13-25(5,6)23-24(3,4)12-20-2/h7-10H,11-13H2,1-6H3. The molecule has 0 fully saturated rings. The second kappa shape index (κ2) is 9.39. The monoisotopic (exact) mass is 384 g/mol. The Hall–Kier alpha value is -1.33. The van der Waals surface area contributed by atoms with Crippen molar-refractivity contribution in [3.05, 3.63) is 35.4 Å². The number of hydrogen-bond donors (Lipinski definition) is 0. The molecule has 1 aromatic carbocycles. The Bertz CT molecular complexity index is 583. The van der Waals surface area contributed by atoms with Crippen LogP contribution in [-0.2, 0) is 18.3 Å². The van der Waals surface area contributed by atoms with E-state index in [1.807, 2.05) is 0 Å². The molecule has 0 atom stereocenters. The van der Waals surface area contributed by atoms with E-state index >= 15 is 0 Å². The molecule has 0 amide bonds. The summed E-state index contributed by atoms with van der Waals surface area (Å²) in [5.74, 6) is -0.528. The van der Waals surface area contributed by atoms with Crippen LogP contribution < -0.4 is 0 Å². The van der Waals surface area contributed by atoms with E-state index < -0.39 is 22.6 Å². The van der Waals surface area contributed by atoms with Crippen molar-refractivity contribution in [3.63, 3.8) is 0 Å². The van der Waals surface area contributed by atoms with Crippen molar-refractivity contribution in [1.82, 2.24) is 0 Å². The van der Waals surface area contributed by atoms with Crippen LogP contribution in [0.5, 0.6) is 0 Å². The van der Waals surface area contributed by atoms with Crippen molar-refractivity contribution < 1.29 is 27.9 Å². The molecule has 0 unspecified atom stereocenters. The lowest BCUT2D eigenvalue weighted by atomic mass is 10.1. The summed E-state index contributed by atoms with van der Waals surface area (Å²) in [6.07, 6.45) is 1.07. The number of rotatable bonds is 10. The summed E-state index contributed by atoms with van der Waals surface area (Å²) in [7, 11) is -2.21. The normalized spacial score (nSPS) is 12.1. The van der Waals surface area contributed by atoms with Crippen molar-refractivity contribution >= 4 is 28.4 Å². The van der Waals surface area contributed by atoms with Crippen molar-refractivity contribution in [2.24, 2.45) is 0 Å². The zero-order valence-corrected chi connectivity index (χ0v) is 17.9. The fraction of sp³-hybridized carbons (Fsp3) is 0.529. The van der Waals surface area contributed by atoms with Gasteiger partial charge in [-0.1, -0.05) is 12.1 Å². The lowest BCUT2D eigenvalue weighted by Gasteiger charge is -2.33. The zero-order valence-electron chi connectivity index (χ0n) is 15.9. The molecule has 25 heavy (non-hydrogen) atoms. The number of Topliss-reactive ketones (excluding diaryl/α,β-unsaturated/α-hetero) is 1. The first-order chi connectivity index (χ1) is 11.6. The molecule has 1 aromatic rings. The molecule has 0 saturated heterocycles. The molecule has 1 rings (SSSR count). The second-order valence-corrected chi connectivity index (χ2v) is 15.5. The topological polar surface area (TPSA) is 71.1 Å². The maximum atomic E-state index is 11.9. The minimum absolute atomic E-state index is 0.0459. The predicted molar refractivity (Wildman–Crippen MR) is 101 cm³/mol. The fourth-order valence-electron chi connectivity index (χ4n) is 2.46. The Labute approximate surface area is 151 Å². The molecule has 0 aliphatic heterocycles. The lowest BCUT2D eigenvalue weighted by molar-refractivity contribution is -0.0214. The first kappa shape index (κ1) is 21.7. The van der Waals surface area contributed by atoms with Crippen LogP contribution in [0.25, 0.3) is 0 Å². The summed E-state index contributed by atoms with van der Waals surface area (Å²) in [6.45, 7) is 9.70. The van der Waals surface area contributed by atoms with Gasteiger partial charge in [-0.2, -0.15) is 0 Å². The minimum Gasteiger partial charge on any atom is -0.453 e. The van der Waals surface area contributed by atoms with E-state index in [9.17, 15) is 9.59 Å². The molecule has 0 bridgehead atoms. The van der Waals surface area contributed by atoms with E-state index in [4.69, 9.17) is 18.3 Å². The minimum atomic E-state index is -2.02. The smallest absolute Gasteiger partial charge is 0.340 e.